The van der Waals surface area contributed by atoms with Gasteiger partial charge in [0, 0.05) is 13.2 Å². The largest absolute Gasteiger partial charge is 0.379 e. The minimum absolute atomic E-state index is 0.770. The first-order chi connectivity index (χ1) is 14.4. The number of hydrogen-bond acceptors (Lipinski definition) is 2. The fraction of sp³-hybridized carbons (Fsp3) is 1.00. The zero-order valence-electron chi connectivity index (χ0n) is 20.5. The van der Waals surface area contributed by atoms with E-state index in [2.05, 4.69) is 13.8 Å². The van der Waals surface area contributed by atoms with E-state index in [-0.39, 0.29) is 0 Å². The third kappa shape index (κ3) is 27.9. The van der Waals surface area contributed by atoms with Crippen molar-refractivity contribution in [1.82, 2.24) is 0 Å². The van der Waals surface area contributed by atoms with Crippen molar-refractivity contribution < 1.29 is 9.47 Å². The summed E-state index contributed by atoms with van der Waals surface area (Å²) in [7, 11) is 0. The normalized spacial score (nSPS) is 11.4. The van der Waals surface area contributed by atoms with E-state index in [4.69, 9.17) is 9.47 Å². The van der Waals surface area contributed by atoms with Crippen molar-refractivity contribution in [1.29, 1.82) is 0 Å². The average molecular weight is 413 g/mol. The van der Waals surface area contributed by atoms with Gasteiger partial charge in [-0.2, -0.15) is 0 Å². The van der Waals surface area contributed by atoms with Gasteiger partial charge in [-0.1, -0.05) is 136 Å². The van der Waals surface area contributed by atoms with E-state index in [0.717, 1.165) is 26.4 Å². The van der Waals surface area contributed by atoms with Crippen LogP contribution < -0.4 is 0 Å². The van der Waals surface area contributed by atoms with Gasteiger partial charge in [-0.25, -0.2) is 0 Å². The summed E-state index contributed by atoms with van der Waals surface area (Å²) in [4.78, 5) is 0. The third-order valence-electron chi connectivity index (χ3n) is 5.91. The summed E-state index contributed by atoms with van der Waals surface area (Å²) in [5.74, 6) is 0. The summed E-state index contributed by atoms with van der Waals surface area (Å²) in [6, 6.07) is 0. The van der Waals surface area contributed by atoms with Crippen LogP contribution >= 0.6 is 0 Å². The van der Waals surface area contributed by atoms with E-state index >= 15 is 0 Å². The lowest BCUT2D eigenvalue weighted by Gasteiger charge is -2.06. The van der Waals surface area contributed by atoms with Crippen LogP contribution in [0.15, 0.2) is 0 Å². The number of unbranched alkanes of at least 4 members (excludes halogenated alkanes) is 19. The van der Waals surface area contributed by atoms with Crippen LogP contribution in [-0.4, -0.2) is 26.4 Å². The van der Waals surface area contributed by atoms with E-state index in [9.17, 15) is 0 Å². The van der Waals surface area contributed by atoms with E-state index in [0.29, 0.717) is 0 Å². The number of rotatable bonds is 26. The Balaban J connectivity index is 2.97. The number of ether oxygens (including phenoxy) is 2. The molecule has 0 spiro atoms. The molecular formula is C27H56O2. The van der Waals surface area contributed by atoms with Gasteiger partial charge < -0.3 is 9.47 Å². The molecule has 0 heterocycles. The monoisotopic (exact) mass is 412 g/mol. The molecule has 0 unspecified atom stereocenters. The smallest absolute Gasteiger partial charge is 0.0700 e. The van der Waals surface area contributed by atoms with Crippen molar-refractivity contribution in [2.75, 3.05) is 26.4 Å². The van der Waals surface area contributed by atoms with Gasteiger partial charge in [0.25, 0.3) is 0 Å². The molecular weight excluding hydrogens is 356 g/mol. The maximum Gasteiger partial charge on any atom is 0.0700 e. The number of hydrogen-bond donors (Lipinski definition) is 0. The molecule has 0 saturated heterocycles. The lowest BCUT2D eigenvalue weighted by molar-refractivity contribution is 0.0448. The highest BCUT2D eigenvalue weighted by Gasteiger charge is 1.95. The van der Waals surface area contributed by atoms with Crippen molar-refractivity contribution >= 4 is 0 Å². The molecule has 2 heteroatoms. The Kier molecular flexibility index (Phi) is 27.8. The van der Waals surface area contributed by atoms with Crippen LogP contribution in [0.3, 0.4) is 0 Å². The summed E-state index contributed by atoms with van der Waals surface area (Å²) < 4.78 is 11.3. The van der Waals surface area contributed by atoms with Gasteiger partial charge in [-0.15, -0.1) is 0 Å². The molecule has 0 aromatic heterocycles. The first-order valence-electron chi connectivity index (χ1n) is 13.6. The fourth-order valence-electron chi connectivity index (χ4n) is 3.88. The van der Waals surface area contributed by atoms with Gasteiger partial charge in [-0.05, 0) is 12.8 Å². The molecule has 0 rings (SSSR count). The molecule has 0 aliphatic rings. The minimum atomic E-state index is 0.770. The van der Waals surface area contributed by atoms with Gasteiger partial charge >= 0.3 is 0 Å². The van der Waals surface area contributed by atoms with Crippen LogP contribution in [0.5, 0.6) is 0 Å². The quantitative estimate of drug-likeness (QED) is 0.132. The van der Waals surface area contributed by atoms with Crippen molar-refractivity contribution in [3.63, 3.8) is 0 Å². The second-order valence-electron chi connectivity index (χ2n) is 8.94. The summed E-state index contributed by atoms with van der Waals surface area (Å²) in [6.07, 6.45) is 29.3. The standard InChI is InChI=1S/C27H56O2/c1-3-5-7-9-10-11-12-13-14-15-16-17-18-19-21-23-25-29-27-26-28-24-22-20-8-6-4-2/h3-27H2,1-2H3. The molecule has 0 aliphatic carbocycles. The molecule has 2 nitrogen and oxygen atoms in total. The van der Waals surface area contributed by atoms with Crippen LogP contribution in [0, 0.1) is 0 Å². The summed E-state index contributed by atoms with van der Waals surface area (Å²) >= 11 is 0. The zero-order chi connectivity index (χ0) is 21.1. The van der Waals surface area contributed by atoms with Crippen LogP contribution in [0.4, 0.5) is 0 Å². The fourth-order valence-corrected chi connectivity index (χ4v) is 3.88. The Labute approximate surface area is 184 Å². The lowest BCUT2D eigenvalue weighted by atomic mass is 10.0. The maximum absolute atomic E-state index is 5.67. The predicted molar refractivity (Wildman–Crippen MR) is 130 cm³/mol. The lowest BCUT2D eigenvalue weighted by Crippen LogP contribution is -2.06. The van der Waals surface area contributed by atoms with Gasteiger partial charge in [0.15, 0.2) is 0 Å². The second kappa shape index (κ2) is 27.9. The van der Waals surface area contributed by atoms with E-state index in [1.165, 1.54) is 135 Å². The molecule has 0 bridgehead atoms. The molecule has 0 fully saturated rings. The summed E-state index contributed by atoms with van der Waals surface area (Å²) in [6.45, 7) is 7.92. The minimum Gasteiger partial charge on any atom is -0.379 e. The van der Waals surface area contributed by atoms with Gasteiger partial charge in [0.05, 0.1) is 13.2 Å². The van der Waals surface area contributed by atoms with Crippen LogP contribution in [0.1, 0.15) is 149 Å². The average Bonchev–Trinajstić information content (AvgIpc) is 2.74. The maximum atomic E-state index is 5.67. The molecule has 0 aromatic carbocycles. The first kappa shape index (κ1) is 28.9. The van der Waals surface area contributed by atoms with Crippen molar-refractivity contribution in [3.05, 3.63) is 0 Å². The van der Waals surface area contributed by atoms with Crippen LogP contribution in [-0.2, 0) is 9.47 Å². The van der Waals surface area contributed by atoms with E-state index < -0.39 is 0 Å². The molecule has 0 saturated carbocycles. The molecule has 0 atom stereocenters. The van der Waals surface area contributed by atoms with Crippen LogP contribution in [0.25, 0.3) is 0 Å². The first-order valence-corrected chi connectivity index (χ1v) is 13.6. The molecule has 176 valence electrons. The Morgan fingerprint density at radius 2 is 0.517 bits per heavy atom. The summed E-state index contributed by atoms with van der Waals surface area (Å²) in [5, 5.41) is 0. The molecule has 0 amide bonds. The topological polar surface area (TPSA) is 18.5 Å². The van der Waals surface area contributed by atoms with Crippen LogP contribution in [0.2, 0.25) is 0 Å². The highest BCUT2D eigenvalue weighted by molar-refractivity contribution is 4.50. The van der Waals surface area contributed by atoms with Crippen molar-refractivity contribution in [3.8, 4) is 0 Å². The molecule has 29 heavy (non-hydrogen) atoms. The summed E-state index contributed by atoms with van der Waals surface area (Å²) in [5.41, 5.74) is 0. The predicted octanol–water partition coefficient (Wildman–Crippen LogP) is 9.25. The molecule has 0 aliphatic heterocycles. The van der Waals surface area contributed by atoms with Crippen molar-refractivity contribution in [2.24, 2.45) is 0 Å². The second-order valence-corrected chi connectivity index (χ2v) is 8.94. The van der Waals surface area contributed by atoms with Gasteiger partial charge in [-0.3, -0.25) is 0 Å². The van der Waals surface area contributed by atoms with E-state index in [1.54, 1.807) is 0 Å². The Morgan fingerprint density at radius 1 is 0.276 bits per heavy atom. The molecule has 0 radical (unpaired) electrons. The van der Waals surface area contributed by atoms with Gasteiger partial charge in [0.1, 0.15) is 0 Å². The zero-order valence-corrected chi connectivity index (χ0v) is 20.5. The van der Waals surface area contributed by atoms with Gasteiger partial charge in [0.2, 0.25) is 0 Å². The molecule has 0 aromatic rings. The van der Waals surface area contributed by atoms with Crippen molar-refractivity contribution in [2.45, 2.75) is 149 Å². The Morgan fingerprint density at radius 3 is 0.793 bits per heavy atom. The van der Waals surface area contributed by atoms with E-state index in [1.807, 2.05) is 0 Å². The third-order valence-corrected chi connectivity index (χ3v) is 5.91. The Hall–Kier alpha value is -0.0800. The SMILES string of the molecule is CCCCCCCCCCCCCCCCCCOCCOCCCCCCC. The molecule has 0 N–H and O–H groups in total. The Bertz CT molecular complexity index is 241. The highest BCUT2D eigenvalue weighted by Crippen LogP contribution is 2.13. The highest BCUT2D eigenvalue weighted by atomic mass is 16.5.